The fourth-order valence-electron chi connectivity index (χ4n) is 3.69. The Labute approximate surface area is 208 Å². The highest BCUT2D eigenvalue weighted by Gasteiger charge is 2.33. The van der Waals surface area contributed by atoms with Gasteiger partial charge in [0.2, 0.25) is 17.6 Å². The second kappa shape index (κ2) is 11.8. The van der Waals surface area contributed by atoms with Gasteiger partial charge in [-0.05, 0) is 30.3 Å². The maximum Gasteiger partial charge on any atom is 0.254 e. The van der Waals surface area contributed by atoms with Crippen molar-refractivity contribution in [2.24, 2.45) is 0 Å². The van der Waals surface area contributed by atoms with Gasteiger partial charge in [0.05, 0.1) is 27.9 Å². The molecule has 35 heavy (non-hydrogen) atoms. The standard InChI is InChI=1S/C24H28ClN3O7/c1-32-9-8-26(24(31)16-10-19(33-2)23(35-4)20(11-16)34-3)13-21(29)27-14-22(30)28(15-27)18-7-5-6-17(25)12-18/h5-7,10-12H,8-9,13-15H2,1-4H3. The lowest BCUT2D eigenvalue weighted by Gasteiger charge is -2.25. The molecule has 2 aromatic rings. The predicted molar refractivity (Wildman–Crippen MR) is 129 cm³/mol. The number of rotatable bonds is 10. The Morgan fingerprint density at radius 1 is 1.03 bits per heavy atom. The van der Waals surface area contributed by atoms with E-state index in [1.807, 2.05) is 0 Å². The number of hydrogen-bond acceptors (Lipinski definition) is 7. The second-order valence-electron chi connectivity index (χ2n) is 7.67. The van der Waals surface area contributed by atoms with Crippen molar-refractivity contribution < 1.29 is 33.3 Å². The summed E-state index contributed by atoms with van der Waals surface area (Å²) in [6.07, 6.45) is 0. The van der Waals surface area contributed by atoms with E-state index >= 15 is 0 Å². The molecule has 0 spiro atoms. The lowest BCUT2D eigenvalue weighted by atomic mass is 10.1. The molecular weight excluding hydrogens is 478 g/mol. The van der Waals surface area contributed by atoms with Crippen molar-refractivity contribution in [2.75, 3.05) is 66.2 Å². The fraction of sp³-hybridized carbons (Fsp3) is 0.375. The molecule has 0 atom stereocenters. The van der Waals surface area contributed by atoms with Crippen LogP contribution in [0.5, 0.6) is 17.2 Å². The van der Waals surface area contributed by atoms with Gasteiger partial charge in [0.1, 0.15) is 19.8 Å². The molecule has 1 aliphatic heterocycles. The summed E-state index contributed by atoms with van der Waals surface area (Å²) in [7, 11) is 5.88. The average Bonchev–Trinajstić information content (AvgIpc) is 3.26. The number of carbonyl (C=O) groups is 3. The van der Waals surface area contributed by atoms with Crippen LogP contribution in [0.4, 0.5) is 5.69 Å². The number of nitrogens with zero attached hydrogens (tertiary/aromatic N) is 3. The lowest BCUT2D eigenvalue weighted by molar-refractivity contribution is -0.132. The minimum absolute atomic E-state index is 0.0640. The van der Waals surface area contributed by atoms with Crippen LogP contribution in [0.15, 0.2) is 36.4 Å². The van der Waals surface area contributed by atoms with Crippen LogP contribution in [0, 0.1) is 0 Å². The Balaban J connectivity index is 1.79. The first-order valence-corrected chi connectivity index (χ1v) is 11.1. The average molecular weight is 506 g/mol. The molecule has 0 unspecified atom stereocenters. The molecule has 0 N–H and O–H groups in total. The van der Waals surface area contributed by atoms with E-state index in [-0.39, 0.29) is 50.3 Å². The zero-order valence-corrected chi connectivity index (χ0v) is 20.8. The smallest absolute Gasteiger partial charge is 0.254 e. The molecule has 2 aromatic carbocycles. The fourth-order valence-corrected chi connectivity index (χ4v) is 3.87. The third-order valence-corrected chi connectivity index (χ3v) is 5.74. The van der Waals surface area contributed by atoms with Crippen molar-refractivity contribution in [1.29, 1.82) is 0 Å². The van der Waals surface area contributed by atoms with Crippen LogP contribution in [-0.2, 0) is 14.3 Å². The van der Waals surface area contributed by atoms with Crippen LogP contribution >= 0.6 is 11.6 Å². The second-order valence-corrected chi connectivity index (χ2v) is 8.10. The number of ether oxygens (including phenoxy) is 4. The van der Waals surface area contributed by atoms with Crippen molar-refractivity contribution in [2.45, 2.75) is 0 Å². The minimum atomic E-state index is -0.424. The van der Waals surface area contributed by atoms with Gasteiger partial charge < -0.3 is 28.7 Å². The highest BCUT2D eigenvalue weighted by atomic mass is 35.5. The zero-order valence-electron chi connectivity index (χ0n) is 20.1. The summed E-state index contributed by atoms with van der Waals surface area (Å²) >= 11 is 6.04. The maximum atomic E-state index is 13.4. The van der Waals surface area contributed by atoms with E-state index < -0.39 is 5.91 Å². The topological polar surface area (TPSA) is 97.9 Å². The van der Waals surface area contributed by atoms with Gasteiger partial charge in [-0.2, -0.15) is 0 Å². The third kappa shape index (κ3) is 5.95. The summed E-state index contributed by atoms with van der Waals surface area (Å²) in [5.74, 6) is -0.0551. The monoisotopic (exact) mass is 505 g/mol. The van der Waals surface area contributed by atoms with Crippen LogP contribution in [0.1, 0.15) is 10.4 Å². The molecule has 0 radical (unpaired) electrons. The quantitative estimate of drug-likeness (QED) is 0.488. The van der Waals surface area contributed by atoms with Gasteiger partial charge in [0.25, 0.3) is 5.91 Å². The van der Waals surface area contributed by atoms with Gasteiger partial charge in [-0.3, -0.25) is 19.3 Å². The predicted octanol–water partition coefficient (Wildman–Crippen LogP) is 2.29. The Kier molecular flexibility index (Phi) is 8.78. The third-order valence-electron chi connectivity index (χ3n) is 5.50. The van der Waals surface area contributed by atoms with Gasteiger partial charge in [-0.15, -0.1) is 0 Å². The van der Waals surface area contributed by atoms with Gasteiger partial charge >= 0.3 is 0 Å². The highest BCUT2D eigenvalue weighted by Crippen LogP contribution is 2.38. The summed E-state index contributed by atoms with van der Waals surface area (Å²) in [4.78, 5) is 43.3. The van der Waals surface area contributed by atoms with E-state index in [2.05, 4.69) is 0 Å². The number of benzene rings is 2. The van der Waals surface area contributed by atoms with Crippen molar-refractivity contribution in [3.63, 3.8) is 0 Å². The largest absolute Gasteiger partial charge is 0.493 e. The normalized spacial score (nSPS) is 13.1. The number of methoxy groups -OCH3 is 4. The number of hydrogen-bond donors (Lipinski definition) is 0. The summed E-state index contributed by atoms with van der Waals surface area (Å²) in [5, 5.41) is 0.488. The van der Waals surface area contributed by atoms with E-state index in [4.69, 9.17) is 30.5 Å². The van der Waals surface area contributed by atoms with Crippen molar-refractivity contribution in [3.05, 3.63) is 47.0 Å². The number of halogens is 1. The van der Waals surface area contributed by atoms with Crippen LogP contribution in [0.3, 0.4) is 0 Å². The molecule has 1 heterocycles. The SMILES string of the molecule is COCCN(CC(=O)N1CC(=O)N(c2cccc(Cl)c2)C1)C(=O)c1cc(OC)c(OC)c(OC)c1. The molecule has 0 saturated carbocycles. The molecular formula is C24H28ClN3O7. The first kappa shape index (κ1) is 26.1. The van der Waals surface area contributed by atoms with E-state index in [0.29, 0.717) is 28.0 Å². The maximum absolute atomic E-state index is 13.4. The first-order chi connectivity index (χ1) is 16.8. The Bertz CT molecular complexity index is 1070. The Morgan fingerprint density at radius 2 is 1.71 bits per heavy atom. The molecule has 188 valence electrons. The van der Waals surface area contributed by atoms with Gasteiger partial charge in [0, 0.05) is 29.9 Å². The van der Waals surface area contributed by atoms with E-state index in [9.17, 15) is 14.4 Å². The number of carbonyl (C=O) groups excluding carboxylic acids is 3. The minimum Gasteiger partial charge on any atom is -0.493 e. The molecule has 10 nitrogen and oxygen atoms in total. The highest BCUT2D eigenvalue weighted by molar-refractivity contribution is 6.31. The van der Waals surface area contributed by atoms with Gasteiger partial charge in [0.15, 0.2) is 11.5 Å². The summed E-state index contributed by atoms with van der Waals surface area (Å²) in [6, 6.07) is 9.89. The van der Waals surface area contributed by atoms with Crippen molar-refractivity contribution in [3.8, 4) is 17.2 Å². The molecule has 1 saturated heterocycles. The van der Waals surface area contributed by atoms with E-state index in [1.165, 1.54) is 55.3 Å². The molecule has 1 aliphatic rings. The van der Waals surface area contributed by atoms with Gasteiger partial charge in [-0.1, -0.05) is 17.7 Å². The summed E-state index contributed by atoms with van der Waals surface area (Å²) in [6.45, 7) is 0.112. The van der Waals surface area contributed by atoms with Crippen LogP contribution in [0.25, 0.3) is 0 Å². The van der Waals surface area contributed by atoms with Crippen LogP contribution in [0.2, 0.25) is 5.02 Å². The van der Waals surface area contributed by atoms with Crippen LogP contribution in [-0.4, -0.2) is 88.9 Å². The molecule has 11 heteroatoms. The van der Waals surface area contributed by atoms with Gasteiger partial charge in [-0.25, -0.2) is 0 Å². The number of anilines is 1. The van der Waals surface area contributed by atoms with Crippen molar-refractivity contribution >= 4 is 35.0 Å². The molecule has 0 aromatic heterocycles. The first-order valence-electron chi connectivity index (χ1n) is 10.7. The molecule has 3 amide bonds. The molecule has 0 bridgehead atoms. The number of amides is 3. The van der Waals surface area contributed by atoms with Crippen molar-refractivity contribution in [1.82, 2.24) is 9.80 Å². The molecule has 1 fully saturated rings. The van der Waals surface area contributed by atoms with E-state index in [1.54, 1.807) is 24.3 Å². The Hall–Kier alpha value is -3.50. The zero-order chi connectivity index (χ0) is 25.5. The summed E-state index contributed by atoms with van der Waals surface area (Å²) in [5.41, 5.74) is 0.851. The molecule has 0 aliphatic carbocycles. The van der Waals surface area contributed by atoms with E-state index in [0.717, 1.165) is 0 Å². The van der Waals surface area contributed by atoms with Crippen LogP contribution < -0.4 is 19.1 Å². The Morgan fingerprint density at radius 3 is 2.29 bits per heavy atom. The molecule has 3 rings (SSSR count). The lowest BCUT2D eigenvalue weighted by Crippen LogP contribution is -2.44. The summed E-state index contributed by atoms with van der Waals surface area (Å²) < 4.78 is 21.1.